The first kappa shape index (κ1) is 19.1. The average molecular weight is 394 g/mol. The standard InChI is InChI=1S/C22H23FN4O2/c23-19-6-8-21(9-7-19)29-17-22(28)26-12-10-25(11-13-26)15-18-14-24-27(16-18)20-4-2-1-3-5-20/h1-9,14,16H,10-13,15,17H2. The zero-order chi connectivity index (χ0) is 20.1. The topological polar surface area (TPSA) is 50.6 Å². The molecule has 0 spiro atoms. The van der Waals surface area contributed by atoms with Crippen molar-refractivity contribution in [2.75, 3.05) is 32.8 Å². The van der Waals surface area contributed by atoms with E-state index in [1.54, 1.807) is 0 Å². The smallest absolute Gasteiger partial charge is 0.260 e. The Kier molecular flexibility index (Phi) is 5.86. The van der Waals surface area contributed by atoms with Crippen LogP contribution in [0.2, 0.25) is 0 Å². The quantitative estimate of drug-likeness (QED) is 0.645. The normalized spacial score (nSPS) is 14.7. The summed E-state index contributed by atoms with van der Waals surface area (Å²) in [6.45, 7) is 3.71. The van der Waals surface area contributed by atoms with Crippen molar-refractivity contribution in [2.24, 2.45) is 0 Å². The summed E-state index contributed by atoms with van der Waals surface area (Å²) in [6, 6.07) is 15.7. The third-order valence-electron chi connectivity index (χ3n) is 4.96. The summed E-state index contributed by atoms with van der Waals surface area (Å²) in [6.07, 6.45) is 3.93. The molecule has 0 N–H and O–H groups in total. The number of para-hydroxylation sites is 1. The highest BCUT2D eigenvalue weighted by atomic mass is 19.1. The number of aromatic nitrogens is 2. The predicted octanol–water partition coefficient (Wildman–Crippen LogP) is 2.73. The lowest BCUT2D eigenvalue weighted by Crippen LogP contribution is -2.49. The summed E-state index contributed by atoms with van der Waals surface area (Å²) >= 11 is 0. The van der Waals surface area contributed by atoms with Gasteiger partial charge in [-0.2, -0.15) is 5.10 Å². The molecule has 1 aromatic heterocycles. The van der Waals surface area contributed by atoms with Crippen molar-refractivity contribution in [2.45, 2.75) is 6.54 Å². The Morgan fingerprint density at radius 1 is 1.00 bits per heavy atom. The number of benzene rings is 2. The number of ether oxygens (including phenoxy) is 1. The van der Waals surface area contributed by atoms with Gasteiger partial charge in [-0.15, -0.1) is 0 Å². The average Bonchev–Trinajstić information content (AvgIpc) is 3.23. The van der Waals surface area contributed by atoms with Gasteiger partial charge in [0.15, 0.2) is 6.61 Å². The zero-order valence-electron chi connectivity index (χ0n) is 16.1. The van der Waals surface area contributed by atoms with Crippen LogP contribution in [0.3, 0.4) is 0 Å². The van der Waals surface area contributed by atoms with Crippen molar-refractivity contribution in [1.82, 2.24) is 19.6 Å². The van der Waals surface area contributed by atoms with Gasteiger partial charge in [-0.05, 0) is 36.4 Å². The van der Waals surface area contributed by atoms with Crippen molar-refractivity contribution in [3.8, 4) is 11.4 Å². The van der Waals surface area contributed by atoms with E-state index in [-0.39, 0.29) is 18.3 Å². The molecule has 2 aromatic carbocycles. The number of carbonyl (C=O) groups excluding carboxylic acids is 1. The van der Waals surface area contributed by atoms with Crippen LogP contribution in [-0.4, -0.2) is 58.3 Å². The first-order valence-electron chi connectivity index (χ1n) is 9.65. The Bertz CT molecular complexity index is 935. The molecular weight excluding hydrogens is 371 g/mol. The van der Waals surface area contributed by atoms with Gasteiger partial charge in [0.05, 0.1) is 11.9 Å². The highest BCUT2D eigenvalue weighted by Gasteiger charge is 2.21. The maximum atomic E-state index is 12.9. The first-order chi connectivity index (χ1) is 14.2. The summed E-state index contributed by atoms with van der Waals surface area (Å²) in [4.78, 5) is 16.5. The maximum absolute atomic E-state index is 12.9. The fourth-order valence-corrected chi connectivity index (χ4v) is 3.34. The van der Waals surface area contributed by atoms with Crippen LogP contribution in [0.5, 0.6) is 5.75 Å². The Morgan fingerprint density at radius 2 is 1.72 bits per heavy atom. The molecule has 1 aliphatic heterocycles. The van der Waals surface area contributed by atoms with Crippen LogP contribution in [0.15, 0.2) is 67.0 Å². The van der Waals surface area contributed by atoms with Gasteiger partial charge >= 0.3 is 0 Å². The lowest BCUT2D eigenvalue weighted by molar-refractivity contribution is -0.135. The van der Waals surface area contributed by atoms with Crippen LogP contribution in [0.25, 0.3) is 5.69 Å². The molecule has 0 atom stereocenters. The van der Waals surface area contributed by atoms with Crippen molar-refractivity contribution in [3.05, 3.63) is 78.4 Å². The number of halogens is 1. The van der Waals surface area contributed by atoms with E-state index in [2.05, 4.69) is 10.00 Å². The van der Waals surface area contributed by atoms with Gasteiger partial charge < -0.3 is 9.64 Å². The molecular formula is C22H23FN4O2. The second-order valence-electron chi connectivity index (χ2n) is 7.03. The number of carbonyl (C=O) groups is 1. The summed E-state index contributed by atoms with van der Waals surface area (Å²) in [5.41, 5.74) is 2.18. The fraction of sp³-hybridized carbons (Fsp3) is 0.273. The van der Waals surface area contributed by atoms with Gasteiger partial charge in [0.25, 0.3) is 5.91 Å². The van der Waals surface area contributed by atoms with Gasteiger partial charge in [0, 0.05) is 44.5 Å². The van der Waals surface area contributed by atoms with E-state index in [0.717, 1.165) is 30.9 Å². The molecule has 3 aromatic rings. The summed E-state index contributed by atoms with van der Waals surface area (Å²) in [5.74, 6) is 0.119. The number of amides is 1. The third-order valence-corrected chi connectivity index (χ3v) is 4.96. The molecule has 4 rings (SSSR count). The van der Waals surface area contributed by atoms with Gasteiger partial charge in [0.2, 0.25) is 0 Å². The number of rotatable bonds is 6. The van der Waals surface area contributed by atoms with E-state index in [4.69, 9.17) is 4.74 Å². The van der Waals surface area contributed by atoms with Crippen LogP contribution in [0, 0.1) is 5.82 Å². The molecule has 150 valence electrons. The predicted molar refractivity (Wildman–Crippen MR) is 107 cm³/mol. The minimum absolute atomic E-state index is 0.0323. The molecule has 0 unspecified atom stereocenters. The summed E-state index contributed by atoms with van der Waals surface area (Å²) < 4.78 is 20.3. The SMILES string of the molecule is O=C(COc1ccc(F)cc1)N1CCN(Cc2cnn(-c3ccccc3)c2)CC1. The highest BCUT2D eigenvalue weighted by Crippen LogP contribution is 2.13. The lowest BCUT2D eigenvalue weighted by Gasteiger charge is -2.34. The monoisotopic (exact) mass is 394 g/mol. The van der Waals surface area contributed by atoms with Gasteiger partial charge in [-0.3, -0.25) is 9.69 Å². The fourth-order valence-electron chi connectivity index (χ4n) is 3.34. The molecule has 29 heavy (non-hydrogen) atoms. The van der Waals surface area contributed by atoms with Crippen LogP contribution in [0.1, 0.15) is 5.56 Å². The Labute approximate surface area is 169 Å². The molecule has 0 radical (unpaired) electrons. The molecule has 0 bridgehead atoms. The van der Waals surface area contributed by atoms with E-state index in [1.807, 2.05) is 52.3 Å². The minimum atomic E-state index is -0.325. The number of hydrogen-bond donors (Lipinski definition) is 0. The Balaban J connectivity index is 1.23. The Morgan fingerprint density at radius 3 is 2.45 bits per heavy atom. The zero-order valence-corrected chi connectivity index (χ0v) is 16.1. The molecule has 1 aliphatic rings. The second-order valence-corrected chi connectivity index (χ2v) is 7.03. The minimum Gasteiger partial charge on any atom is -0.484 e. The van der Waals surface area contributed by atoms with E-state index < -0.39 is 0 Å². The van der Waals surface area contributed by atoms with E-state index in [9.17, 15) is 9.18 Å². The Hall–Kier alpha value is -3.19. The number of hydrogen-bond acceptors (Lipinski definition) is 4. The van der Waals surface area contributed by atoms with Gasteiger partial charge in [-0.25, -0.2) is 9.07 Å². The third kappa shape index (κ3) is 5.00. The van der Waals surface area contributed by atoms with E-state index in [1.165, 1.54) is 24.3 Å². The molecule has 0 saturated carbocycles. The molecule has 1 amide bonds. The summed E-state index contributed by atoms with van der Waals surface area (Å²) in [5, 5.41) is 4.44. The molecule has 7 heteroatoms. The largest absolute Gasteiger partial charge is 0.484 e. The lowest BCUT2D eigenvalue weighted by atomic mass is 10.2. The van der Waals surface area contributed by atoms with Crippen LogP contribution >= 0.6 is 0 Å². The second kappa shape index (κ2) is 8.87. The first-order valence-corrected chi connectivity index (χ1v) is 9.65. The highest BCUT2D eigenvalue weighted by molar-refractivity contribution is 5.77. The molecule has 1 saturated heterocycles. The van der Waals surface area contributed by atoms with E-state index >= 15 is 0 Å². The van der Waals surface area contributed by atoms with E-state index in [0.29, 0.717) is 18.8 Å². The van der Waals surface area contributed by atoms with Crippen LogP contribution in [-0.2, 0) is 11.3 Å². The maximum Gasteiger partial charge on any atom is 0.260 e. The van der Waals surface area contributed by atoms with Crippen molar-refractivity contribution in [3.63, 3.8) is 0 Å². The van der Waals surface area contributed by atoms with Crippen molar-refractivity contribution >= 4 is 5.91 Å². The molecule has 0 aliphatic carbocycles. The number of nitrogens with zero attached hydrogens (tertiary/aromatic N) is 4. The molecule has 6 nitrogen and oxygen atoms in total. The summed E-state index contributed by atoms with van der Waals surface area (Å²) in [7, 11) is 0. The van der Waals surface area contributed by atoms with Gasteiger partial charge in [0.1, 0.15) is 11.6 Å². The van der Waals surface area contributed by atoms with Crippen LogP contribution in [0.4, 0.5) is 4.39 Å². The van der Waals surface area contributed by atoms with Crippen LogP contribution < -0.4 is 4.74 Å². The van der Waals surface area contributed by atoms with Crippen molar-refractivity contribution < 1.29 is 13.9 Å². The van der Waals surface area contributed by atoms with Crippen molar-refractivity contribution in [1.29, 1.82) is 0 Å². The molecule has 1 fully saturated rings. The number of piperazine rings is 1. The molecule has 2 heterocycles. The van der Waals surface area contributed by atoms with Gasteiger partial charge in [-0.1, -0.05) is 18.2 Å².